The number of carbonyl (C=O) groups is 2. The van der Waals surface area contributed by atoms with Gasteiger partial charge < -0.3 is 49.7 Å². The zero-order valence-electron chi connectivity index (χ0n) is 39.0. The fraction of sp³-hybridized carbons (Fsp3) is 0.702. The van der Waals surface area contributed by atoms with E-state index in [0.717, 1.165) is 57.8 Å². The average Bonchev–Trinajstić information content (AvgIpc) is 3.27. The maximum atomic E-state index is 13.0. The second-order valence-electron chi connectivity index (χ2n) is 16.3. The van der Waals surface area contributed by atoms with Crippen molar-refractivity contribution in [3.63, 3.8) is 0 Å². The van der Waals surface area contributed by atoms with Crippen LogP contribution >= 0.6 is 15.6 Å². The standard InChI is InChI=1S/C47H80O17P2/c1-3-5-7-9-11-12-13-14-15-16-17-18-22-26-30-34-40(49)60-36-39(37-61-66(58,59)64-47-44(53)42(51)43(52)46(45(47)54)63-65(55,56)57)62-41(50)35-31-27-23-19-21-25-29-33-38(48)32-28-24-20-10-8-6-4-2/h11-12,14-15,19-20,23-25,28-29,32,38-39,42-48,51-54H,3-10,13,16-18,21-22,26-27,30-31,33-37H2,1-2H3,(H,58,59)(H2,55,56,57)/b12-11-,15-14-,23-19+,24-20-,29-25-,32-28-/t38-,39+,42?,43?,44?,45?,46+,47-/m0/s1. The molecule has 19 heteroatoms. The third kappa shape index (κ3) is 31.4. The number of unbranched alkanes of at least 4 members (excludes halogenated alkanes) is 12. The topological polar surface area (TPSA) is 276 Å². The summed E-state index contributed by atoms with van der Waals surface area (Å²) in [5.41, 5.74) is 0. The zero-order chi connectivity index (χ0) is 49.1. The highest BCUT2D eigenvalue weighted by Gasteiger charge is 2.54. The number of ether oxygens (including phenoxy) is 2. The summed E-state index contributed by atoms with van der Waals surface area (Å²) in [5.74, 6) is -1.33. The number of carbonyl (C=O) groups excluding carboxylic acids is 2. The summed E-state index contributed by atoms with van der Waals surface area (Å²) in [6.07, 6.45) is 26.0. The number of esters is 2. The first-order chi connectivity index (χ1) is 31.5. The van der Waals surface area contributed by atoms with Gasteiger partial charge in [-0.2, -0.15) is 0 Å². The van der Waals surface area contributed by atoms with E-state index in [1.165, 1.54) is 32.1 Å². The van der Waals surface area contributed by atoms with Gasteiger partial charge >= 0.3 is 27.6 Å². The number of rotatable bonds is 38. The highest BCUT2D eigenvalue weighted by molar-refractivity contribution is 7.47. The minimum atomic E-state index is -5.38. The van der Waals surface area contributed by atoms with Crippen molar-refractivity contribution in [1.29, 1.82) is 0 Å². The molecule has 66 heavy (non-hydrogen) atoms. The van der Waals surface area contributed by atoms with Gasteiger partial charge in [-0.1, -0.05) is 132 Å². The second kappa shape index (κ2) is 37.3. The van der Waals surface area contributed by atoms with E-state index in [1.54, 1.807) is 6.08 Å². The first-order valence-electron chi connectivity index (χ1n) is 23.6. The molecule has 0 aliphatic heterocycles. The van der Waals surface area contributed by atoms with Gasteiger partial charge in [-0.25, -0.2) is 9.13 Å². The van der Waals surface area contributed by atoms with Crippen LogP contribution in [0.25, 0.3) is 0 Å². The van der Waals surface area contributed by atoms with Crippen LogP contribution in [-0.4, -0.2) is 114 Å². The van der Waals surface area contributed by atoms with Gasteiger partial charge in [0.2, 0.25) is 0 Å². The fourth-order valence-corrected chi connectivity index (χ4v) is 8.14. The van der Waals surface area contributed by atoms with Crippen molar-refractivity contribution in [1.82, 2.24) is 0 Å². The number of aliphatic hydroxyl groups excluding tert-OH is 5. The van der Waals surface area contributed by atoms with Crippen molar-refractivity contribution in [2.45, 2.75) is 198 Å². The smallest absolute Gasteiger partial charge is 0.462 e. The van der Waals surface area contributed by atoms with E-state index in [1.807, 2.05) is 36.5 Å². The van der Waals surface area contributed by atoms with Crippen LogP contribution in [0.2, 0.25) is 0 Å². The van der Waals surface area contributed by atoms with Gasteiger partial charge in [-0.15, -0.1) is 0 Å². The van der Waals surface area contributed by atoms with Gasteiger partial charge in [0, 0.05) is 12.8 Å². The highest BCUT2D eigenvalue weighted by Crippen LogP contribution is 2.49. The largest absolute Gasteiger partial charge is 0.472 e. The number of phosphoric acid groups is 2. The number of hydrogen-bond acceptors (Lipinski definition) is 14. The van der Waals surface area contributed by atoms with E-state index in [9.17, 15) is 49.1 Å². The van der Waals surface area contributed by atoms with Crippen LogP contribution in [0, 0.1) is 0 Å². The molecule has 1 aliphatic rings. The molecule has 9 atom stereocenters. The Hall–Kier alpha value is -2.60. The Morgan fingerprint density at radius 3 is 1.68 bits per heavy atom. The first-order valence-corrected chi connectivity index (χ1v) is 26.6. The van der Waals surface area contributed by atoms with E-state index in [-0.39, 0.29) is 12.8 Å². The Kier molecular flexibility index (Phi) is 34.7. The molecule has 0 amide bonds. The SMILES string of the molecule is CCCCC/C=C\C=C/[C@H](O)C/C=C\C/C=C/CCCC(=O)O[C@H](COC(=O)CCCCCCC/C=C\C/C=C\CCCCC)COP(=O)(O)O[C@H]1C(O)C(O)C(O)[C@@H](OP(=O)(O)O)C1O. The molecule has 1 rings (SSSR count). The van der Waals surface area contributed by atoms with E-state index < -0.39 is 89.6 Å². The molecular weight excluding hydrogens is 898 g/mol. The number of allylic oxidation sites excluding steroid dienone is 10. The molecular formula is C47H80O17P2. The maximum Gasteiger partial charge on any atom is 0.472 e. The summed E-state index contributed by atoms with van der Waals surface area (Å²) in [5, 5.41) is 51.3. The summed E-state index contributed by atoms with van der Waals surface area (Å²) < 4.78 is 49.2. The minimum absolute atomic E-state index is 0.0723. The molecule has 17 nitrogen and oxygen atoms in total. The van der Waals surface area contributed by atoms with Crippen molar-refractivity contribution >= 4 is 27.6 Å². The van der Waals surface area contributed by atoms with Gasteiger partial charge in [0.15, 0.2) is 6.10 Å². The molecule has 0 radical (unpaired) electrons. The van der Waals surface area contributed by atoms with E-state index in [0.29, 0.717) is 32.1 Å². The van der Waals surface area contributed by atoms with Crippen molar-refractivity contribution < 1.29 is 82.0 Å². The van der Waals surface area contributed by atoms with Crippen molar-refractivity contribution in [2.24, 2.45) is 0 Å². The van der Waals surface area contributed by atoms with Gasteiger partial charge in [-0.05, 0) is 77.0 Å². The molecule has 0 aromatic carbocycles. The Morgan fingerprint density at radius 1 is 0.561 bits per heavy atom. The molecule has 0 aromatic heterocycles. The monoisotopic (exact) mass is 978 g/mol. The Labute approximate surface area is 392 Å². The molecule has 1 fully saturated rings. The Bertz CT molecular complexity index is 1570. The van der Waals surface area contributed by atoms with Gasteiger partial charge in [-0.3, -0.25) is 23.2 Å². The molecule has 0 heterocycles. The quantitative estimate of drug-likeness (QED) is 0.00963. The molecule has 380 valence electrons. The summed E-state index contributed by atoms with van der Waals surface area (Å²) in [7, 11) is -10.7. The van der Waals surface area contributed by atoms with E-state index >= 15 is 0 Å². The first kappa shape index (κ1) is 61.4. The Balaban J connectivity index is 2.68. The molecule has 0 bridgehead atoms. The van der Waals surface area contributed by atoms with Crippen LogP contribution in [0.3, 0.4) is 0 Å². The molecule has 5 unspecified atom stereocenters. The third-order valence-corrected chi connectivity index (χ3v) is 11.8. The van der Waals surface area contributed by atoms with Crippen LogP contribution in [0.15, 0.2) is 72.9 Å². The normalized spacial score (nSPS) is 22.6. The third-order valence-electron chi connectivity index (χ3n) is 10.3. The number of hydrogen-bond donors (Lipinski definition) is 8. The van der Waals surface area contributed by atoms with Crippen LogP contribution in [0.1, 0.15) is 149 Å². The van der Waals surface area contributed by atoms with Crippen LogP contribution in [-0.2, 0) is 41.8 Å². The lowest BCUT2D eigenvalue weighted by Gasteiger charge is -2.43. The highest BCUT2D eigenvalue weighted by atomic mass is 31.2. The van der Waals surface area contributed by atoms with Crippen molar-refractivity contribution in [3.05, 3.63) is 72.9 Å². The maximum absolute atomic E-state index is 13.0. The molecule has 8 N–H and O–H groups in total. The average molecular weight is 979 g/mol. The van der Waals surface area contributed by atoms with Crippen LogP contribution < -0.4 is 0 Å². The molecule has 1 aliphatic carbocycles. The molecule has 0 aromatic rings. The summed E-state index contributed by atoms with van der Waals surface area (Å²) in [4.78, 5) is 54.2. The number of aliphatic hydroxyl groups is 5. The Morgan fingerprint density at radius 2 is 1.08 bits per heavy atom. The van der Waals surface area contributed by atoms with Crippen molar-refractivity contribution in [2.75, 3.05) is 13.2 Å². The fourth-order valence-electron chi connectivity index (χ4n) is 6.60. The lowest BCUT2D eigenvalue weighted by Crippen LogP contribution is -2.64. The number of phosphoric ester groups is 2. The minimum Gasteiger partial charge on any atom is -0.462 e. The zero-order valence-corrected chi connectivity index (χ0v) is 40.7. The predicted molar refractivity (Wildman–Crippen MR) is 252 cm³/mol. The van der Waals surface area contributed by atoms with Crippen LogP contribution in [0.4, 0.5) is 0 Å². The summed E-state index contributed by atoms with van der Waals surface area (Å²) in [6, 6.07) is 0. The molecule has 1 saturated carbocycles. The lowest BCUT2D eigenvalue weighted by molar-refractivity contribution is -0.216. The predicted octanol–water partition coefficient (Wildman–Crippen LogP) is 7.81. The van der Waals surface area contributed by atoms with E-state index in [2.05, 4.69) is 48.8 Å². The lowest BCUT2D eigenvalue weighted by atomic mass is 9.85. The summed E-state index contributed by atoms with van der Waals surface area (Å²) >= 11 is 0. The van der Waals surface area contributed by atoms with Gasteiger partial charge in [0.25, 0.3) is 0 Å². The van der Waals surface area contributed by atoms with Crippen molar-refractivity contribution in [3.8, 4) is 0 Å². The van der Waals surface area contributed by atoms with Crippen LogP contribution in [0.5, 0.6) is 0 Å². The van der Waals surface area contributed by atoms with E-state index in [4.69, 9.17) is 28.3 Å². The molecule has 0 saturated heterocycles. The van der Waals surface area contributed by atoms with Gasteiger partial charge in [0.05, 0.1) is 12.7 Å². The molecule has 0 spiro atoms. The summed E-state index contributed by atoms with van der Waals surface area (Å²) in [6.45, 7) is 2.91. The second-order valence-corrected chi connectivity index (χ2v) is 18.9. The van der Waals surface area contributed by atoms with Gasteiger partial charge in [0.1, 0.15) is 43.2 Å².